The van der Waals surface area contributed by atoms with Gasteiger partial charge in [0, 0.05) is 29.3 Å². The van der Waals surface area contributed by atoms with Crippen LogP contribution in [0.4, 0.5) is 0 Å². The number of primary amides is 1. The Labute approximate surface area is 213 Å². The summed E-state index contributed by atoms with van der Waals surface area (Å²) in [5.74, 6) is -7.62. The Kier molecular flexibility index (Phi) is 5.74. The first kappa shape index (κ1) is 25.1. The number of carbonyl (C=O) groups excluding carboxylic acids is 3. The highest BCUT2D eigenvalue weighted by atomic mass is 16.3. The van der Waals surface area contributed by atoms with Crippen molar-refractivity contribution in [2.75, 3.05) is 14.1 Å². The van der Waals surface area contributed by atoms with E-state index in [9.17, 15) is 34.8 Å². The Morgan fingerprint density at radius 3 is 2.51 bits per heavy atom. The lowest BCUT2D eigenvalue weighted by Crippen LogP contribution is -2.73. The second-order valence-electron chi connectivity index (χ2n) is 10.5. The van der Waals surface area contributed by atoms with E-state index < -0.39 is 58.7 Å². The molecule has 10 nitrogen and oxygen atoms in total. The van der Waals surface area contributed by atoms with Gasteiger partial charge in [-0.25, -0.2) is 0 Å². The maximum Gasteiger partial charge on any atom is 0.230 e. The van der Waals surface area contributed by atoms with Crippen molar-refractivity contribution in [1.29, 1.82) is 0 Å². The molecule has 0 saturated heterocycles. The second-order valence-corrected chi connectivity index (χ2v) is 10.5. The van der Waals surface area contributed by atoms with Crippen LogP contribution in [0.15, 0.2) is 36.0 Å². The van der Waals surface area contributed by atoms with Gasteiger partial charge in [0.2, 0.25) is 11.7 Å². The molecule has 2 aromatic rings. The number of benzene rings is 1. The molecule has 6 atom stereocenters. The van der Waals surface area contributed by atoms with E-state index in [-0.39, 0.29) is 29.7 Å². The van der Waals surface area contributed by atoms with Gasteiger partial charge in [-0.1, -0.05) is 0 Å². The fourth-order valence-electron chi connectivity index (χ4n) is 6.53. The Morgan fingerprint density at radius 2 is 1.89 bits per heavy atom. The fourth-order valence-corrected chi connectivity index (χ4v) is 6.53. The highest BCUT2D eigenvalue weighted by Crippen LogP contribution is 2.53. The van der Waals surface area contributed by atoms with Crippen LogP contribution in [0.25, 0.3) is 17.0 Å². The minimum absolute atomic E-state index is 0.0429. The van der Waals surface area contributed by atoms with Crippen LogP contribution in [0.1, 0.15) is 23.1 Å². The number of nitrogens with two attached hydrogens (primary N) is 1. The van der Waals surface area contributed by atoms with Crippen LogP contribution in [0.5, 0.6) is 5.75 Å². The van der Waals surface area contributed by atoms with Crippen LogP contribution < -0.4 is 5.73 Å². The van der Waals surface area contributed by atoms with Gasteiger partial charge in [-0.2, -0.15) is 0 Å². The number of aromatic nitrogens is 1. The third-order valence-corrected chi connectivity index (χ3v) is 8.16. The van der Waals surface area contributed by atoms with E-state index in [4.69, 9.17) is 5.73 Å². The molecule has 1 amide bonds. The zero-order valence-corrected chi connectivity index (χ0v) is 20.7. The highest BCUT2D eigenvalue weighted by molar-refractivity contribution is 6.25. The number of aryl methyl sites for hydroxylation is 1. The summed E-state index contributed by atoms with van der Waals surface area (Å²) in [5.41, 5.74) is 5.45. The minimum atomic E-state index is -2.67. The molecule has 3 aliphatic carbocycles. The topological polar surface area (TPSA) is 174 Å². The molecule has 0 bridgehead atoms. The molecule has 10 heteroatoms. The number of aliphatic hydroxyl groups is 3. The third-order valence-electron chi connectivity index (χ3n) is 8.16. The van der Waals surface area contributed by atoms with E-state index in [0.717, 1.165) is 5.56 Å². The molecule has 1 aromatic heterocycles. The number of rotatable bonds is 3. The monoisotopic (exact) mass is 507 g/mol. The molecule has 2 fully saturated rings. The maximum absolute atomic E-state index is 13.9. The van der Waals surface area contributed by atoms with Crippen molar-refractivity contribution in [3.05, 3.63) is 52.7 Å². The zero-order chi connectivity index (χ0) is 27.0. The lowest BCUT2D eigenvalue weighted by Gasteiger charge is -2.53. The average Bonchev–Trinajstić information content (AvgIpc) is 2.81. The predicted molar refractivity (Wildman–Crippen MR) is 132 cm³/mol. The van der Waals surface area contributed by atoms with Crippen molar-refractivity contribution in [2.45, 2.75) is 37.5 Å². The van der Waals surface area contributed by atoms with Crippen molar-refractivity contribution in [3.63, 3.8) is 0 Å². The molecule has 3 aliphatic rings. The van der Waals surface area contributed by atoms with Crippen molar-refractivity contribution in [3.8, 4) is 17.0 Å². The van der Waals surface area contributed by atoms with Crippen LogP contribution in [0.2, 0.25) is 0 Å². The first-order valence-electron chi connectivity index (χ1n) is 12.1. The van der Waals surface area contributed by atoms with E-state index in [1.807, 2.05) is 19.1 Å². The van der Waals surface area contributed by atoms with Gasteiger partial charge < -0.3 is 31.1 Å². The number of Topliss-reactive ketones (excluding diaryl/α,β-unsaturated/α-hetero) is 2. The van der Waals surface area contributed by atoms with E-state index >= 15 is 0 Å². The summed E-state index contributed by atoms with van der Waals surface area (Å²) in [7, 11) is 3.23. The molecular formula is C27H29N3O7. The van der Waals surface area contributed by atoms with Gasteiger partial charge in [-0.3, -0.25) is 19.4 Å². The number of phenolic OH excluding ortho intramolecular Hbond substituents is 1. The van der Waals surface area contributed by atoms with Crippen LogP contribution in [-0.4, -0.2) is 79.6 Å². The molecule has 6 N–H and O–H groups in total. The summed E-state index contributed by atoms with van der Waals surface area (Å²) in [5, 5.41) is 44.6. The fraction of sp³-hybridized carbons (Fsp3) is 0.407. The number of fused-ring (bicyclic) bond motifs is 3. The van der Waals surface area contributed by atoms with E-state index in [1.54, 1.807) is 31.3 Å². The molecule has 1 heterocycles. The first-order chi connectivity index (χ1) is 17.4. The standard InChI is InChI=1S/C27H29N3O7/c1-11-6-7-29-16(8-11)13-4-5-17(31)19-14(13)9-12-10-15-21(30(2)3)23(33)20(26(28)36)25(35)27(15,37)24(34)18(12)22(19)32/h4-8,12,15,20-21,23,31-33,37H,9-10H2,1-3H3,(H2,28,36)/t12-,15-,20?,21-,23?,27-/m0/s1. The molecule has 5 rings (SSSR count). The SMILES string of the molecule is Cc1ccnc(-c2ccc(O)c3c2C[C@H]2C[C@H]4[C@H](N(C)C)C(O)C(C(N)=O)C(=O)[C@@]4(O)C(=O)C2=C3O)c1. The highest BCUT2D eigenvalue weighted by Gasteiger charge is 2.67. The maximum atomic E-state index is 13.9. The lowest BCUT2D eigenvalue weighted by molar-refractivity contribution is -0.184. The van der Waals surface area contributed by atoms with Gasteiger partial charge in [0.25, 0.3) is 0 Å². The first-order valence-corrected chi connectivity index (χ1v) is 12.1. The Balaban J connectivity index is 1.71. The van der Waals surface area contributed by atoms with Gasteiger partial charge in [-0.15, -0.1) is 0 Å². The van der Waals surface area contributed by atoms with Crippen LogP contribution in [-0.2, 0) is 20.8 Å². The van der Waals surface area contributed by atoms with Crippen molar-refractivity contribution in [1.82, 2.24) is 9.88 Å². The molecule has 37 heavy (non-hydrogen) atoms. The van der Waals surface area contributed by atoms with Crippen molar-refractivity contribution in [2.24, 2.45) is 23.5 Å². The lowest BCUT2D eigenvalue weighted by atomic mass is 9.54. The summed E-state index contributed by atoms with van der Waals surface area (Å²) < 4.78 is 0. The largest absolute Gasteiger partial charge is 0.507 e. The van der Waals surface area contributed by atoms with E-state index in [1.165, 1.54) is 6.07 Å². The number of hydrogen-bond donors (Lipinski definition) is 5. The normalized spacial score (nSPS) is 31.1. The molecule has 1 aromatic carbocycles. The number of amides is 1. The van der Waals surface area contributed by atoms with Gasteiger partial charge in [0.1, 0.15) is 17.4 Å². The molecule has 2 saturated carbocycles. The third kappa shape index (κ3) is 3.43. The zero-order valence-electron chi connectivity index (χ0n) is 20.7. The summed E-state index contributed by atoms with van der Waals surface area (Å²) in [4.78, 5) is 45.3. The van der Waals surface area contributed by atoms with E-state index in [2.05, 4.69) is 4.98 Å². The van der Waals surface area contributed by atoms with Gasteiger partial charge in [0.15, 0.2) is 11.4 Å². The number of carbonyl (C=O) groups is 3. The van der Waals surface area contributed by atoms with Crippen LogP contribution >= 0.6 is 0 Å². The Morgan fingerprint density at radius 1 is 1.19 bits per heavy atom. The molecule has 0 spiro atoms. The van der Waals surface area contributed by atoms with Crippen LogP contribution in [0.3, 0.4) is 0 Å². The molecular weight excluding hydrogens is 478 g/mol. The van der Waals surface area contributed by atoms with Gasteiger partial charge in [-0.05, 0) is 75.2 Å². The number of likely N-dealkylation sites (N-methyl/N-ethyl adjacent to an activating group) is 1. The summed E-state index contributed by atoms with van der Waals surface area (Å²) in [6.07, 6.45) is 0.415. The van der Waals surface area contributed by atoms with Crippen LogP contribution in [0, 0.1) is 24.7 Å². The number of ketones is 2. The smallest absolute Gasteiger partial charge is 0.230 e. The number of nitrogens with zero attached hydrogens (tertiary/aromatic N) is 2. The number of aliphatic hydroxyl groups excluding tert-OH is 2. The average molecular weight is 508 g/mol. The minimum Gasteiger partial charge on any atom is -0.507 e. The quantitative estimate of drug-likeness (QED) is 0.371. The number of hydrogen-bond acceptors (Lipinski definition) is 9. The Hall–Kier alpha value is -3.60. The number of pyridine rings is 1. The molecule has 0 radical (unpaired) electrons. The molecule has 0 aliphatic heterocycles. The molecule has 2 unspecified atom stereocenters. The second kappa shape index (κ2) is 8.47. The van der Waals surface area contributed by atoms with Crippen molar-refractivity contribution >= 4 is 23.2 Å². The Bertz CT molecular complexity index is 1380. The van der Waals surface area contributed by atoms with Gasteiger partial charge >= 0.3 is 0 Å². The number of aromatic hydroxyl groups is 1. The van der Waals surface area contributed by atoms with Gasteiger partial charge in [0.05, 0.1) is 17.4 Å². The van der Waals surface area contributed by atoms with Crippen molar-refractivity contribution < 1.29 is 34.8 Å². The summed E-state index contributed by atoms with van der Waals surface area (Å²) >= 11 is 0. The summed E-state index contributed by atoms with van der Waals surface area (Å²) in [6, 6.07) is 5.88. The molecule has 194 valence electrons. The predicted octanol–water partition coefficient (Wildman–Crippen LogP) is 0.499. The summed E-state index contributed by atoms with van der Waals surface area (Å²) in [6.45, 7) is 1.92. The number of phenols is 1. The van der Waals surface area contributed by atoms with E-state index in [0.29, 0.717) is 16.8 Å².